The van der Waals surface area contributed by atoms with Gasteiger partial charge in [-0.2, -0.15) is 13.2 Å². The van der Waals surface area contributed by atoms with Gasteiger partial charge in [0.1, 0.15) is 11.8 Å². The summed E-state index contributed by atoms with van der Waals surface area (Å²) in [4.78, 5) is 23.5. The molecule has 27 heavy (non-hydrogen) atoms. The van der Waals surface area contributed by atoms with Crippen molar-refractivity contribution in [3.05, 3.63) is 54.1 Å². The number of halogens is 3. The molecular weight excluding hydrogens is 361 g/mol. The first kappa shape index (κ1) is 20.3. The average molecular weight is 380 g/mol. The van der Waals surface area contributed by atoms with Gasteiger partial charge in [-0.05, 0) is 62.4 Å². The van der Waals surface area contributed by atoms with Crippen LogP contribution in [0.25, 0.3) is 0 Å². The van der Waals surface area contributed by atoms with Crippen LogP contribution >= 0.6 is 0 Å². The van der Waals surface area contributed by atoms with E-state index in [0.29, 0.717) is 16.9 Å². The molecule has 5 nitrogen and oxygen atoms in total. The number of Topliss-reactive ketones (excluding diaryl/α,β-unsaturated/α-hetero) is 1. The van der Waals surface area contributed by atoms with Gasteiger partial charge in [-0.1, -0.05) is 0 Å². The molecule has 2 rings (SSSR count). The van der Waals surface area contributed by atoms with Crippen molar-refractivity contribution in [3.63, 3.8) is 0 Å². The van der Waals surface area contributed by atoms with Crippen molar-refractivity contribution in [2.24, 2.45) is 0 Å². The molecule has 0 spiro atoms. The number of nitrogens with one attached hydrogen (secondary N) is 2. The molecule has 0 saturated heterocycles. The van der Waals surface area contributed by atoms with E-state index in [0.717, 1.165) is 0 Å². The van der Waals surface area contributed by atoms with E-state index in [1.165, 1.54) is 31.2 Å². The highest BCUT2D eigenvalue weighted by atomic mass is 19.4. The van der Waals surface area contributed by atoms with E-state index in [4.69, 9.17) is 0 Å². The zero-order chi connectivity index (χ0) is 20.0. The van der Waals surface area contributed by atoms with E-state index in [1.807, 2.05) is 0 Å². The number of carbonyl (C=O) groups excluding carboxylic acids is 2. The molecule has 2 aromatic carbocycles. The normalized spacial score (nSPS) is 12.2. The quantitative estimate of drug-likeness (QED) is 0.704. The highest BCUT2D eigenvalue weighted by Crippen LogP contribution is 2.20. The SMILES string of the molecule is CC(=O)c1ccc(NC(=O)C(C)Nc2ccc(OCC(F)(F)F)cc2)cc1. The van der Waals surface area contributed by atoms with Gasteiger partial charge in [0.05, 0.1) is 0 Å². The van der Waals surface area contributed by atoms with Gasteiger partial charge >= 0.3 is 6.18 Å². The van der Waals surface area contributed by atoms with E-state index < -0.39 is 18.8 Å². The van der Waals surface area contributed by atoms with Crippen molar-refractivity contribution in [2.75, 3.05) is 17.2 Å². The zero-order valence-electron chi connectivity index (χ0n) is 14.8. The maximum Gasteiger partial charge on any atom is 0.422 e. The van der Waals surface area contributed by atoms with Crippen LogP contribution in [0.5, 0.6) is 5.75 Å². The number of benzene rings is 2. The minimum atomic E-state index is -4.40. The fourth-order valence-electron chi connectivity index (χ4n) is 2.17. The third-order valence-corrected chi connectivity index (χ3v) is 3.59. The summed E-state index contributed by atoms with van der Waals surface area (Å²) >= 11 is 0. The van der Waals surface area contributed by atoms with Crippen LogP contribution in [0.1, 0.15) is 24.2 Å². The van der Waals surface area contributed by atoms with Crippen LogP contribution in [0.15, 0.2) is 48.5 Å². The van der Waals surface area contributed by atoms with Gasteiger partial charge in [0.25, 0.3) is 0 Å². The molecule has 2 N–H and O–H groups in total. The zero-order valence-corrected chi connectivity index (χ0v) is 14.8. The van der Waals surface area contributed by atoms with Crippen molar-refractivity contribution in [1.29, 1.82) is 0 Å². The maximum atomic E-state index is 12.2. The summed E-state index contributed by atoms with van der Waals surface area (Å²) in [5.41, 5.74) is 1.66. The molecule has 8 heteroatoms. The van der Waals surface area contributed by atoms with Crippen LogP contribution in [0.3, 0.4) is 0 Å². The fraction of sp³-hybridized carbons (Fsp3) is 0.263. The molecule has 0 aliphatic rings. The van der Waals surface area contributed by atoms with Crippen molar-refractivity contribution < 1.29 is 27.5 Å². The highest BCUT2D eigenvalue weighted by molar-refractivity contribution is 5.97. The Balaban J connectivity index is 1.89. The Bertz CT molecular complexity index is 787. The lowest BCUT2D eigenvalue weighted by molar-refractivity contribution is -0.153. The van der Waals surface area contributed by atoms with E-state index in [-0.39, 0.29) is 17.4 Å². The fourth-order valence-corrected chi connectivity index (χ4v) is 2.17. The molecule has 2 aromatic rings. The molecule has 144 valence electrons. The molecular formula is C19H19F3N2O3. The highest BCUT2D eigenvalue weighted by Gasteiger charge is 2.28. The molecule has 0 aromatic heterocycles. The third kappa shape index (κ3) is 6.65. The second-order valence-electron chi connectivity index (χ2n) is 5.92. The molecule has 1 atom stereocenters. The van der Waals surface area contributed by atoms with Crippen molar-refractivity contribution in [2.45, 2.75) is 26.1 Å². The number of ketones is 1. The van der Waals surface area contributed by atoms with E-state index in [9.17, 15) is 22.8 Å². The van der Waals surface area contributed by atoms with Crippen LogP contribution in [-0.4, -0.2) is 30.5 Å². The lowest BCUT2D eigenvalue weighted by atomic mass is 10.1. The topological polar surface area (TPSA) is 67.4 Å². The monoisotopic (exact) mass is 380 g/mol. The van der Waals surface area contributed by atoms with E-state index in [1.54, 1.807) is 31.2 Å². The Morgan fingerprint density at radius 3 is 2.07 bits per heavy atom. The number of ether oxygens (including phenoxy) is 1. The number of hydrogen-bond acceptors (Lipinski definition) is 4. The summed E-state index contributed by atoms with van der Waals surface area (Å²) < 4.78 is 41.0. The Morgan fingerprint density at radius 1 is 1.00 bits per heavy atom. The molecule has 0 radical (unpaired) electrons. The summed E-state index contributed by atoms with van der Waals surface area (Å²) in [6.45, 7) is 1.74. The predicted molar refractivity (Wildman–Crippen MR) is 96.2 cm³/mol. The molecule has 1 amide bonds. The summed E-state index contributed by atoms with van der Waals surface area (Å²) in [6, 6.07) is 11.7. The minimum Gasteiger partial charge on any atom is -0.484 e. The molecule has 0 fully saturated rings. The molecule has 0 heterocycles. The third-order valence-electron chi connectivity index (χ3n) is 3.59. The van der Waals surface area contributed by atoms with Gasteiger partial charge in [0.15, 0.2) is 12.4 Å². The Morgan fingerprint density at radius 2 is 1.56 bits per heavy atom. The standard InChI is InChI=1S/C19H19F3N2O3/c1-12(18(26)24-16-5-3-14(4-6-16)13(2)25)23-15-7-9-17(10-8-15)27-11-19(20,21)22/h3-10,12,23H,11H2,1-2H3,(H,24,26). The number of anilines is 2. The van der Waals surface area contributed by atoms with Gasteiger partial charge < -0.3 is 15.4 Å². The number of hydrogen-bond donors (Lipinski definition) is 2. The Labute approximate surface area is 154 Å². The van der Waals surface area contributed by atoms with Crippen molar-refractivity contribution >= 4 is 23.1 Å². The van der Waals surface area contributed by atoms with Gasteiger partial charge in [-0.3, -0.25) is 9.59 Å². The molecule has 0 bridgehead atoms. The summed E-state index contributed by atoms with van der Waals surface area (Å²) in [5, 5.41) is 5.66. The van der Waals surface area contributed by atoms with Crippen LogP contribution < -0.4 is 15.4 Å². The van der Waals surface area contributed by atoms with Crippen LogP contribution in [0.4, 0.5) is 24.5 Å². The Kier molecular flexibility index (Phi) is 6.44. The van der Waals surface area contributed by atoms with Gasteiger partial charge in [-0.15, -0.1) is 0 Å². The smallest absolute Gasteiger partial charge is 0.422 e. The second kappa shape index (κ2) is 8.57. The summed E-state index contributed by atoms with van der Waals surface area (Å²) in [7, 11) is 0. The number of alkyl halides is 3. The van der Waals surface area contributed by atoms with Gasteiger partial charge in [0.2, 0.25) is 5.91 Å². The first-order valence-electron chi connectivity index (χ1n) is 8.12. The van der Waals surface area contributed by atoms with Crippen LogP contribution in [-0.2, 0) is 4.79 Å². The number of amides is 1. The average Bonchev–Trinajstić information content (AvgIpc) is 2.61. The maximum absolute atomic E-state index is 12.2. The lowest BCUT2D eigenvalue weighted by Gasteiger charge is -2.16. The number of carbonyl (C=O) groups is 2. The minimum absolute atomic E-state index is 0.0643. The van der Waals surface area contributed by atoms with Crippen LogP contribution in [0.2, 0.25) is 0 Å². The lowest BCUT2D eigenvalue weighted by Crippen LogP contribution is -2.31. The van der Waals surface area contributed by atoms with Crippen LogP contribution in [0, 0.1) is 0 Å². The summed E-state index contributed by atoms with van der Waals surface area (Å²) in [6.07, 6.45) is -4.40. The molecule has 0 aliphatic heterocycles. The van der Waals surface area contributed by atoms with Crippen molar-refractivity contribution in [1.82, 2.24) is 0 Å². The number of rotatable bonds is 7. The molecule has 0 saturated carbocycles. The van der Waals surface area contributed by atoms with Gasteiger partial charge in [-0.25, -0.2) is 0 Å². The molecule has 1 unspecified atom stereocenters. The predicted octanol–water partition coefficient (Wildman–Crippen LogP) is 4.27. The van der Waals surface area contributed by atoms with E-state index >= 15 is 0 Å². The second-order valence-corrected chi connectivity index (χ2v) is 5.92. The molecule has 0 aliphatic carbocycles. The first-order valence-corrected chi connectivity index (χ1v) is 8.12. The largest absolute Gasteiger partial charge is 0.484 e. The summed E-state index contributed by atoms with van der Waals surface area (Å²) in [5.74, 6) is -0.283. The van der Waals surface area contributed by atoms with Crippen molar-refractivity contribution in [3.8, 4) is 5.75 Å². The first-order chi connectivity index (χ1) is 12.6. The van der Waals surface area contributed by atoms with Gasteiger partial charge in [0, 0.05) is 16.9 Å². The van der Waals surface area contributed by atoms with E-state index in [2.05, 4.69) is 15.4 Å². The Hall–Kier alpha value is -3.03.